The Bertz CT molecular complexity index is 337. The lowest BCUT2D eigenvalue weighted by Gasteiger charge is -2.22. The van der Waals surface area contributed by atoms with Crippen LogP contribution in [0.25, 0.3) is 0 Å². The van der Waals surface area contributed by atoms with Gasteiger partial charge in [-0.2, -0.15) is 0 Å². The molecule has 2 heteroatoms. The largest absolute Gasteiger partial charge is 0.299 e. The molecule has 1 aromatic rings. The summed E-state index contributed by atoms with van der Waals surface area (Å²) in [6.07, 6.45) is 1.22. The molecule has 0 heterocycles. The van der Waals surface area contributed by atoms with Gasteiger partial charge in [0.15, 0.2) is 0 Å². The molecule has 0 aliphatic rings. The highest BCUT2D eigenvalue weighted by molar-refractivity contribution is 9.09. The fourth-order valence-corrected chi connectivity index (χ4v) is 2.57. The Balaban J connectivity index is 2.78. The predicted octanol–water partition coefficient (Wildman–Crippen LogP) is 4.22. The van der Waals surface area contributed by atoms with Gasteiger partial charge in [-0.15, -0.1) is 0 Å². The maximum Gasteiger partial charge on any atom is 0.0238 e. The van der Waals surface area contributed by atoms with E-state index in [9.17, 15) is 0 Å². The third-order valence-electron chi connectivity index (χ3n) is 3.28. The Morgan fingerprint density at radius 3 is 2.18 bits per heavy atom. The van der Waals surface area contributed by atoms with Crippen molar-refractivity contribution in [2.75, 3.05) is 18.4 Å². The second kappa shape index (κ2) is 7.17. The molecule has 0 bridgehead atoms. The molecule has 0 atom stereocenters. The molecule has 1 rings (SSSR count). The third-order valence-corrected chi connectivity index (χ3v) is 3.84. The summed E-state index contributed by atoms with van der Waals surface area (Å²) in [5.74, 6) is 0. The summed E-state index contributed by atoms with van der Waals surface area (Å²) in [6.45, 7) is 12.3. The highest BCUT2D eigenvalue weighted by Crippen LogP contribution is 2.18. The Morgan fingerprint density at radius 1 is 1.12 bits per heavy atom. The summed E-state index contributed by atoms with van der Waals surface area (Å²) in [6, 6.07) is 4.58. The Hall–Kier alpha value is -0.340. The molecule has 0 aromatic heterocycles. The van der Waals surface area contributed by atoms with E-state index >= 15 is 0 Å². The third kappa shape index (κ3) is 4.44. The fourth-order valence-electron chi connectivity index (χ4n) is 2.32. The molecule has 96 valence electrons. The maximum atomic E-state index is 3.50. The zero-order valence-corrected chi connectivity index (χ0v) is 13.1. The summed E-state index contributed by atoms with van der Waals surface area (Å²) < 4.78 is 0. The molecule has 1 aromatic carbocycles. The number of rotatable bonds is 6. The lowest BCUT2D eigenvalue weighted by Crippen LogP contribution is -2.25. The van der Waals surface area contributed by atoms with Crippen LogP contribution in [0.1, 0.15) is 35.6 Å². The average Bonchev–Trinajstić information content (AvgIpc) is 2.27. The molecular formula is C15H24BrN. The smallest absolute Gasteiger partial charge is 0.0238 e. The second-order valence-electron chi connectivity index (χ2n) is 4.79. The summed E-state index contributed by atoms with van der Waals surface area (Å²) in [5, 5.41) is 1.09. The first kappa shape index (κ1) is 14.7. The lowest BCUT2D eigenvalue weighted by molar-refractivity contribution is 0.280. The van der Waals surface area contributed by atoms with Gasteiger partial charge in [0, 0.05) is 11.9 Å². The first-order chi connectivity index (χ1) is 8.08. The minimum atomic E-state index is 1.08. The minimum absolute atomic E-state index is 1.08. The normalized spacial score (nSPS) is 11.2. The molecule has 0 amide bonds. The number of alkyl halides is 1. The molecule has 0 radical (unpaired) electrons. The number of nitrogens with zero attached hydrogens (tertiary/aromatic N) is 1. The van der Waals surface area contributed by atoms with Gasteiger partial charge in [-0.05, 0) is 57.0 Å². The Labute approximate surface area is 114 Å². The lowest BCUT2D eigenvalue weighted by atomic mass is 9.99. The molecule has 0 spiro atoms. The average molecular weight is 298 g/mol. The topological polar surface area (TPSA) is 3.24 Å². The van der Waals surface area contributed by atoms with E-state index in [1.807, 2.05) is 0 Å². The van der Waals surface area contributed by atoms with Crippen molar-refractivity contribution in [1.82, 2.24) is 4.90 Å². The molecule has 1 nitrogen and oxygen atoms in total. The van der Waals surface area contributed by atoms with Crippen molar-refractivity contribution in [3.8, 4) is 0 Å². The van der Waals surface area contributed by atoms with Crippen LogP contribution in [0.2, 0.25) is 0 Å². The molecule has 0 N–H and O–H groups in total. The van der Waals surface area contributed by atoms with Gasteiger partial charge in [0.2, 0.25) is 0 Å². The van der Waals surface area contributed by atoms with Crippen LogP contribution < -0.4 is 0 Å². The minimum Gasteiger partial charge on any atom is -0.299 e. The number of benzene rings is 1. The SMILES string of the molecule is CCN(CCCBr)Cc1c(C)cc(C)cc1C. The van der Waals surface area contributed by atoms with Crippen LogP contribution in [0.5, 0.6) is 0 Å². The van der Waals surface area contributed by atoms with Crippen LogP contribution in [0, 0.1) is 20.8 Å². The van der Waals surface area contributed by atoms with Crippen molar-refractivity contribution in [1.29, 1.82) is 0 Å². The quantitative estimate of drug-likeness (QED) is 0.711. The van der Waals surface area contributed by atoms with Gasteiger partial charge in [0.05, 0.1) is 0 Å². The van der Waals surface area contributed by atoms with Crippen LogP contribution in [0.4, 0.5) is 0 Å². The molecule has 0 aliphatic heterocycles. The first-order valence-corrected chi connectivity index (χ1v) is 7.55. The summed E-state index contributed by atoms with van der Waals surface area (Å²) in [4.78, 5) is 2.52. The van der Waals surface area contributed by atoms with E-state index < -0.39 is 0 Å². The monoisotopic (exact) mass is 297 g/mol. The Kier molecular flexibility index (Phi) is 6.21. The zero-order chi connectivity index (χ0) is 12.8. The maximum absolute atomic E-state index is 3.50. The van der Waals surface area contributed by atoms with Crippen molar-refractivity contribution in [2.24, 2.45) is 0 Å². The van der Waals surface area contributed by atoms with E-state index in [1.165, 1.54) is 35.2 Å². The Morgan fingerprint density at radius 2 is 1.71 bits per heavy atom. The van der Waals surface area contributed by atoms with E-state index in [0.29, 0.717) is 0 Å². The number of hydrogen-bond donors (Lipinski definition) is 0. The van der Waals surface area contributed by atoms with Gasteiger partial charge >= 0.3 is 0 Å². The summed E-state index contributed by atoms with van der Waals surface area (Å²) >= 11 is 3.50. The number of hydrogen-bond acceptors (Lipinski definition) is 1. The van der Waals surface area contributed by atoms with E-state index in [-0.39, 0.29) is 0 Å². The molecular weight excluding hydrogens is 274 g/mol. The van der Waals surface area contributed by atoms with Gasteiger partial charge in [-0.3, -0.25) is 4.90 Å². The summed E-state index contributed by atoms with van der Waals surface area (Å²) in [5.41, 5.74) is 5.74. The highest BCUT2D eigenvalue weighted by Gasteiger charge is 2.08. The molecule has 0 fully saturated rings. The van der Waals surface area contributed by atoms with Gasteiger partial charge in [0.25, 0.3) is 0 Å². The van der Waals surface area contributed by atoms with Crippen LogP contribution >= 0.6 is 15.9 Å². The van der Waals surface area contributed by atoms with Crippen LogP contribution in [-0.4, -0.2) is 23.3 Å². The number of aryl methyl sites for hydroxylation is 3. The van der Waals surface area contributed by atoms with Crippen molar-refractivity contribution >= 4 is 15.9 Å². The van der Waals surface area contributed by atoms with Crippen molar-refractivity contribution in [2.45, 2.75) is 40.7 Å². The standard InChI is InChI=1S/C15H24BrN/c1-5-17(8-6-7-16)11-15-13(3)9-12(2)10-14(15)4/h9-10H,5-8,11H2,1-4H3. The van der Waals surface area contributed by atoms with Crippen molar-refractivity contribution in [3.05, 3.63) is 34.4 Å². The van der Waals surface area contributed by atoms with Crippen LogP contribution in [-0.2, 0) is 6.54 Å². The second-order valence-corrected chi connectivity index (χ2v) is 5.58. The molecule has 0 unspecified atom stereocenters. The molecule has 0 saturated carbocycles. The molecule has 0 saturated heterocycles. The first-order valence-electron chi connectivity index (χ1n) is 6.43. The summed E-state index contributed by atoms with van der Waals surface area (Å²) in [7, 11) is 0. The van der Waals surface area contributed by atoms with E-state index in [0.717, 1.165) is 18.4 Å². The van der Waals surface area contributed by atoms with Crippen molar-refractivity contribution in [3.63, 3.8) is 0 Å². The van der Waals surface area contributed by atoms with E-state index in [1.54, 1.807) is 0 Å². The van der Waals surface area contributed by atoms with E-state index in [4.69, 9.17) is 0 Å². The van der Waals surface area contributed by atoms with Crippen molar-refractivity contribution < 1.29 is 0 Å². The highest BCUT2D eigenvalue weighted by atomic mass is 79.9. The van der Waals surface area contributed by atoms with Gasteiger partial charge < -0.3 is 0 Å². The van der Waals surface area contributed by atoms with Gasteiger partial charge in [-0.25, -0.2) is 0 Å². The molecule has 17 heavy (non-hydrogen) atoms. The van der Waals surface area contributed by atoms with Gasteiger partial charge in [-0.1, -0.05) is 40.5 Å². The zero-order valence-electron chi connectivity index (χ0n) is 11.5. The number of halogens is 1. The predicted molar refractivity (Wildman–Crippen MR) is 80.0 cm³/mol. The van der Waals surface area contributed by atoms with Crippen LogP contribution in [0.15, 0.2) is 12.1 Å². The van der Waals surface area contributed by atoms with Gasteiger partial charge in [0.1, 0.15) is 0 Å². The van der Waals surface area contributed by atoms with E-state index in [2.05, 4.69) is 60.7 Å². The molecule has 0 aliphatic carbocycles. The fraction of sp³-hybridized carbons (Fsp3) is 0.600. The van der Waals surface area contributed by atoms with Crippen LogP contribution in [0.3, 0.4) is 0 Å².